The number of carbonyl (C=O) groups excluding carboxylic acids is 1. The zero-order valence-corrected chi connectivity index (χ0v) is 16.2. The van der Waals surface area contributed by atoms with Crippen LogP contribution in [-0.4, -0.2) is 45.4 Å². The Balaban J connectivity index is 1.59. The van der Waals surface area contributed by atoms with Gasteiger partial charge in [-0.1, -0.05) is 29.8 Å². The molecule has 142 valence electrons. The number of anilines is 1. The van der Waals surface area contributed by atoms with E-state index in [1.165, 1.54) is 4.31 Å². The molecule has 2 aliphatic rings. The summed E-state index contributed by atoms with van der Waals surface area (Å²) in [5, 5.41) is 0. The Morgan fingerprint density at radius 1 is 1.11 bits per heavy atom. The summed E-state index contributed by atoms with van der Waals surface area (Å²) in [4.78, 5) is 13.7. The molecule has 4 rings (SSSR count). The molecular weight excluding hydrogens is 364 g/mol. The number of nitrogens with zero attached hydrogens (tertiary/aromatic N) is 2. The zero-order valence-electron chi connectivity index (χ0n) is 15.4. The van der Waals surface area contributed by atoms with E-state index in [4.69, 9.17) is 4.74 Å². The molecule has 2 aromatic rings. The maximum absolute atomic E-state index is 13.2. The highest BCUT2D eigenvalue weighted by Gasteiger charge is 2.33. The van der Waals surface area contributed by atoms with Gasteiger partial charge in [-0.05, 0) is 36.2 Å². The van der Waals surface area contributed by atoms with Crippen LogP contribution in [0.25, 0.3) is 0 Å². The lowest BCUT2D eigenvalue weighted by Crippen LogP contribution is -2.42. The Labute approximate surface area is 159 Å². The van der Waals surface area contributed by atoms with E-state index in [-0.39, 0.29) is 29.9 Å². The summed E-state index contributed by atoms with van der Waals surface area (Å²) in [6.07, 6.45) is -0.0409. The first-order valence-electron chi connectivity index (χ1n) is 8.94. The predicted octanol–water partition coefficient (Wildman–Crippen LogP) is 2.28. The smallest absolute Gasteiger partial charge is 0.243 e. The largest absolute Gasteiger partial charge is 0.371 e. The molecule has 1 saturated heterocycles. The number of amides is 1. The molecule has 0 aliphatic carbocycles. The van der Waals surface area contributed by atoms with Crippen LogP contribution in [0.4, 0.5) is 5.69 Å². The summed E-state index contributed by atoms with van der Waals surface area (Å²) in [6.45, 7) is 2.96. The van der Waals surface area contributed by atoms with E-state index in [1.54, 1.807) is 30.1 Å². The molecule has 2 aliphatic heterocycles. The summed E-state index contributed by atoms with van der Waals surface area (Å²) >= 11 is 0. The molecule has 0 bridgehead atoms. The van der Waals surface area contributed by atoms with E-state index in [9.17, 15) is 13.2 Å². The number of carbonyl (C=O) groups is 1. The van der Waals surface area contributed by atoms with Gasteiger partial charge in [0.15, 0.2) is 0 Å². The molecule has 1 unspecified atom stereocenters. The molecular formula is C20H22N2O4S. The van der Waals surface area contributed by atoms with Crippen molar-refractivity contribution >= 4 is 21.6 Å². The molecule has 2 heterocycles. The van der Waals surface area contributed by atoms with Gasteiger partial charge in [0.05, 0.1) is 24.0 Å². The number of hydrogen-bond donors (Lipinski definition) is 0. The highest BCUT2D eigenvalue weighted by Crippen LogP contribution is 2.32. The first-order valence-corrected chi connectivity index (χ1v) is 10.4. The van der Waals surface area contributed by atoms with Crippen LogP contribution in [0.5, 0.6) is 0 Å². The number of rotatable bonds is 3. The summed E-state index contributed by atoms with van der Waals surface area (Å²) in [6, 6.07) is 12.9. The van der Waals surface area contributed by atoms with Crippen LogP contribution in [0.2, 0.25) is 0 Å². The van der Waals surface area contributed by atoms with Crippen molar-refractivity contribution < 1.29 is 17.9 Å². The lowest BCUT2D eigenvalue weighted by molar-refractivity contribution is -0.117. The van der Waals surface area contributed by atoms with Gasteiger partial charge in [0.1, 0.15) is 0 Å². The van der Waals surface area contributed by atoms with Gasteiger partial charge in [-0.2, -0.15) is 4.31 Å². The molecule has 1 amide bonds. The lowest BCUT2D eigenvalue weighted by Gasteiger charge is -2.32. The molecule has 27 heavy (non-hydrogen) atoms. The molecule has 2 aromatic carbocycles. The molecule has 1 fully saturated rings. The topological polar surface area (TPSA) is 66.9 Å². The summed E-state index contributed by atoms with van der Waals surface area (Å²) in [5.41, 5.74) is 3.66. The van der Waals surface area contributed by atoms with Crippen molar-refractivity contribution in [1.82, 2.24) is 4.31 Å². The van der Waals surface area contributed by atoms with Crippen LogP contribution in [0, 0.1) is 6.92 Å². The molecule has 6 nitrogen and oxygen atoms in total. The van der Waals surface area contributed by atoms with Gasteiger partial charge in [-0.25, -0.2) is 8.42 Å². The van der Waals surface area contributed by atoms with Gasteiger partial charge in [-0.15, -0.1) is 0 Å². The van der Waals surface area contributed by atoms with Crippen LogP contribution in [0.3, 0.4) is 0 Å². The fraction of sp³-hybridized carbons (Fsp3) is 0.350. The standard InChI is InChI=1S/C20H22N2O4S/c1-14-3-5-15(6-4-14)19-13-22(9-10-26-19)27(24,25)17-7-8-18-16(11-17)12-20(23)21(18)2/h3-8,11,19H,9-10,12-13H2,1-2H3. The number of fused-ring (bicyclic) bond motifs is 1. The summed E-state index contributed by atoms with van der Waals surface area (Å²) in [5.74, 6) is -0.0228. The van der Waals surface area contributed by atoms with Crippen LogP contribution in [-0.2, 0) is 26.0 Å². The van der Waals surface area contributed by atoms with Crippen molar-refractivity contribution in [2.24, 2.45) is 0 Å². The van der Waals surface area contributed by atoms with Crippen molar-refractivity contribution in [2.45, 2.75) is 24.3 Å². The molecule has 1 atom stereocenters. The van der Waals surface area contributed by atoms with Gasteiger partial charge < -0.3 is 9.64 Å². The monoisotopic (exact) mass is 386 g/mol. The third kappa shape index (κ3) is 3.26. The Morgan fingerprint density at radius 2 is 1.85 bits per heavy atom. The van der Waals surface area contributed by atoms with Crippen molar-refractivity contribution in [1.29, 1.82) is 0 Å². The molecule has 0 spiro atoms. The highest BCUT2D eigenvalue weighted by molar-refractivity contribution is 7.89. The Bertz CT molecular complexity index is 986. The predicted molar refractivity (Wildman–Crippen MR) is 102 cm³/mol. The molecule has 0 aromatic heterocycles. The number of aryl methyl sites for hydroxylation is 1. The first-order chi connectivity index (χ1) is 12.9. The third-order valence-corrected chi connectivity index (χ3v) is 7.11. The first kappa shape index (κ1) is 18.2. The van der Waals surface area contributed by atoms with Gasteiger partial charge in [0, 0.05) is 25.8 Å². The average Bonchev–Trinajstić information content (AvgIpc) is 2.96. The van der Waals surface area contributed by atoms with Gasteiger partial charge >= 0.3 is 0 Å². The van der Waals surface area contributed by atoms with Crippen molar-refractivity contribution in [3.8, 4) is 0 Å². The normalized spacial score (nSPS) is 20.7. The number of likely N-dealkylation sites (N-methyl/N-ethyl adjacent to an activating group) is 1. The van der Waals surface area contributed by atoms with Crippen molar-refractivity contribution in [3.63, 3.8) is 0 Å². The zero-order chi connectivity index (χ0) is 19.2. The number of sulfonamides is 1. The van der Waals surface area contributed by atoms with E-state index < -0.39 is 10.0 Å². The minimum absolute atomic E-state index is 0.0228. The Kier molecular flexibility index (Phi) is 4.53. The second-order valence-electron chi connectivity index (χ2n) is 7.05. The number of ether oxygens (including phenoxy) is 1. The average molecular weight is 386 g/mol. The van der Waals surface area contributed by atoms with Crippen LogP contribution >= 0.6 is 0 Å². The Hall–Kier alpha value is -2.22. The van der Waals surface area contributed by atoms with E-state index >= 15 is 0 Å². The molecule has 0 N–H and O–H groups in total. The molecule has 7 heteroatoms. The number of benzene rings is 2. The molecule has 0 radical (unpaired) electrons. The fourth-order valence-corrected chi connectivity index (χ4v) is 5.06. The SMILES string of the molecule is Cc1ccc(C2CN(S(=O)(=O)c3ccc4c(c3)CC(=O)N4C)CCO2)cc1. The second-order valence-corrected chi connectivity index (χ2v) is 8.99. The van der Waals surface area contributed by atoms with Crippen molar-refractivity contribution in [2.75, 3.05) is 31.6 Å². The number of hydrogen-bond acceptors (Lipinski definition) is 4. The number of morpholine rings is 1. The van der Waals surface area contributed by atoms with E-state index in [2.05, 4.69) is 0 Å². The van der Waals surface area contributed by atoms with Gasteiger partial charge in [0.2, 0.25) is 15.9 Å². The highest BCUT2D eigenvalue weighted by atomic mass is 32.2. The summed E-state index contributed by atoms with van der Waals surface area (Å²) < 4.78 is 33.6. The maximum atomic E-state index is 13.2. The Morgan fingerprint density at radius 3 is 2.59 bits per heavy atom. The van der Waals surface area contributed by atoms with Crippen LogP contribution < -0.4 is 4.90 Å². The molecule has 0 saturated carbocycles. The quantitative estimate of drug-likeness (QED) is 0.812. The third-order valence-electron chi connectivity index (χ3n) is 5.24. The maximum Gasteiger partial charge on any atom is 0.243 e. The van der Waals surface area contributed by atoms with Gasteiger partial charge in [-0.3, -0.25) is 4.79 Å². The minimum atomic E-state index is -3.64. The van der Waals surface area contributed by atoms with Gasteiger partial charge in [0.25, 0.3) is 0 Å². The lowest BCUT2D eigenvalue weighted by atomic mass is 10.1. The summed E-state index contributed by atoms with van der Waals surface area (Å²) in [7, 11) is -1.94. The van der Waals surface area contributed by atoms with Crippen LogP contribution in [0.1, 0.15) is 22.8 Å². The fourth-order valence-electron chi connectivity index (χ4n) is 3.58. The van der Waals surface area contributed by atoms with Crippen molar-refractivity contribution in [3.05, 3.63) is 59.2 Å². The van der Waals surface area contributed by atoms with E-state index in [0.29, 0.717) is 13.2 Å². The second kappa shape index (κ2) is 6.74. The van der Waals surface area contributed by atoms with E-state index in [1.807, 2.05) is 31.2 Å². The van der Waals surface area contributed by atoms with E-state index in [0.717, 1.165) is 22.4 Å². The van der Waals surface area contributed by atoms with Crippen LogP contribution in [0.15, 0.2) is 47.4 Å². The minimum Gasteiger partial charge on any atom is -0.371 e.